The lowest BCUT2D eigenvalue weighted by Gasteiger charge is -2.17. The quantitative estimate of drug-likeness (QED) is 0.893. The lowest BCUT2D eigenvalue weighted by atomic mass is 9.95. The number of amides is 1. The van der Waals surface area contributed by atoms with Gasteiger partial charge in [0.15, 0.2) is 0 Å². The normalized spacial score (nSPS) is 21.1. The average molecular weight is 306 g/mol. The zero-order valence-electron chi connectivity index (χ0n) is 10.7. The van der Waals surface area contributed by atoms with Gasteiger partial charge in [-0.25, -0.2) is 0 Å². The third kappa shape index (κ3) is 4.97. The highest BCUT2D eigenvalue weighted by molar-refractivity contribution is 5.85. The van der Waals surface area contributed by atoms with Crippen molar-refractivity contribution < 1.29 is 4.79 Å². The number of pyridine rings is 1. The summed E-state index contributed by atoms with van der Waals surface area (Å²) in [4.78, 5) is 16.0. The Bertz CT molecular complexity index is 375. The van der Waals surface area contributed by atoms with Crippen molar-refractivity contribution in [3.05, 3.63) is 30.1 Å². The number of halogens is 2. The summed E-state index contributed by atoms with van der Waals surface area (Å²) >= 11 is 0. The Hall–Kier alpha value is -0.840. The van der Waals surface area contributed by atoms with Crippen LogP contribution in [0.15, 0.2) is 24.5 Å². The van der Waals surface area contributed by atoms with E-state index in [0.29, 0.717) is 19.0 Å². The van der Waals surface area contributed by atoms with Gasteiger partial charge in [0.2, 0.25) is 5.91 Å². The summed E-state index contributed by atoms with van der Waals surface area (Å²) in [7, 11) is 0. The minimum absolute atomic E-state index is 0. The summed E-state index contributed by atoms with van der Waals surface area (Å²) < 4.78 is 0. The Morgan fingerprint density at radius 3 is 2.63 bits per heavy atom. The largest absolute Gasteiger partial charge is 0.352 e. The van der Waals surface area contributed by atoms with Crippen LogP contribution in [0.3, 0.4) is 0 Å². The summed E-state index contributed by atoms with van der Waals surface area (Å²) in [5.74, 6) is 0.629. The average Bonchev–Trinajstić information content (AvgIpc) is 2.85. The molecule has 1 fully saturated rings. The third-order valence-electron chi connectivity index (χ3n) is 3.51. The van der Waals surface area contributed by atoms with Crippen molar-refractivity contribution in [3.63, 3.8) is 0 Å². The molecule has 0 unspecified atom stereocenters. The highest BCUT2D eigenvalue weighted by atomic mass is 35.5. The summed E-state index contributed by atoms with van der Waals surface area (Å²) in [6.45, 7) is 1.20. The maximum atomic E-state index is 12.0. The minimum Gasteiger partial charge on any atom is -0.352 e. The van der Waals surface area contributed by atoms with Gasteiger partial charge in [-0.2, -0.15) is 0 Å². The van der Waals surface area contributed by atoms with E-state index in [9.17, 15) is 4.79 Å². The fourth-order valence-electron chi connectivity index (χ4n) is 2.49. The van der Waals surface area contributed by atoms with Crippen LogP contribution in [0.25, 0.3) is 0 Å². The molecule has 4 nitrogen and oxygen atoms in total. The van der Waals surface area contributed by atoms with E-state index >= 15 is 0 Å². The number of nitrogens with zero attached hydrogens (tertiary/aromatic N) is 1. The molecule has 1 heterocycles. The molecule has 19 heavy (non-hydrogen) atoms. The molecule has 1 aromatic heterocycles. The second-order valence-electron chi connectivity index (χ2n) is 4.61. The van der Waals surface area contributed by atoms with E-state index in [-0.39, 0.29) is 36.6 Å². The van der Waals surface area contributed by atoms with Crippen LogP contribution in [0.5, 0.6) is 0 Å². The highest BCUT2D eigenvalue weighted by Crippen LogP contribution is 2.30. The van der Waals surface area contributed by atoms with E-state index in [1.807, 2.05) is 12.1 Å². The molecule has 2 atom stereocenters. The van der Waals surface area contributed by atoms with Crippen molar-refractivity contribution in [2.24, 2.45) is 17.6 Å². The van der Waals surface area contributed by atoms with Gasteiger partial charge < -0.3 is 11.1 Å². The maximum Gasteiger partial charge on any atom is 0.223 e. The van der Waals surface area contributed by atoms with Gasteiger partial charge >= 0.3 is 0 Å². The fraction of sp³-hybridized carbons (Fsp3) is 0.538. The summed E-state index contributed by atoms with van der Waals surface area (Å²) in [5.41, 5.74) is 6.76. The van der Waals surface area contributed by atoms with Crippen LogP contribution in [0.4, 0.5) is 0 Å². The Morgan fingerprint density at radius 1 is 1.32 bits per heavy atom. The van der Waals surface area contributed by atoms with Gasteiger partial charge in [0.25, 0.3) is 0 Å². The number of rotatable bonds is 4. The smallest absolute Gasteiger partial charge is 0.223 e. The number of hydrogen-bond donors (Lipinski definition) is 2. The van der Waals surface area contributed by atoms with Crippen LogP contribution in [0, 0.1) is 11.8 Å². The number of nitrogens with two attached hydrogens (primary N) is 1. The number of nitrogens with one attached hydrogen (secondary N) is 1. The Kier molecular flexibility index (Phi) is 8.72. The Labute approximate surface area is 126 Å². The molecule has 1 aliphatic carbocycles. The van der Waals surface area contributed by atoms with Gasteiger partial charge in [-0.1, -0.05) is 6.42 Å². The number of carbonyl (C=O) groups excluding carboxylic acids is 1. The number of carbonyl (C=O) groups is 1. The van der Waals surface area contributed by atoms with Gasteiger partial charge in [-0.05, 0) is 43.0 Å². The van der Waals surface area contributed by atoms with Gasteiger partial charge in [0.1, 0.15) is 0 Å². The summed E-state index contributed by atoms with van der Waals surface area (Å²) in [6.07, 6.45) is 6.66. The molecule has 108 valence electrons. The van der Waals surface area contributed by atoms with Crippen LogP contribution >= 0.6 is 24.8 Å². The fourth-order valence-corrected chi connectivity index (χ4v) is 2.49. The van der Waals surface area contributed by atoms with Gasteiger partial charge in [0, 0.05) is 24.9 Å². The van der Waals surface area contributed by atoms with Crippen LogP contribution in [0.2, 0.25) is 0 Å². The maximum absolute atomic E-state index is 12.0. The molecule has 0 spiro atoms. The zero-order valence-corrected chi connectivity index (χ0v) is 12.4. The van der Waals surface area contributed by atoms with Crippen LogP contribution in [0.1, 0.15) is 24.8 Å². The molecule has 6 heteroatoms. The Balaban J connectivity index is 0.00000162. The van der Waals surface area contributed by atoms with Crippen LogP contribution in [-0.4, -0.2) is 17.4 Å². The van der Waals surface area contributed by atoms with E-state index in [2.05, 4.69) is 10.3 Å². The van der Waals surface area contributed by atoms with Gasteiger partial charge in [0.05, 0.1) is 0 Å². The van der Waals surface area contributed by atoms with E-state index in [0.717, 1.165) is 24.8 Å². The highest BCUT2D eigenvalue weighted by Gasteiger charge is 2.31. The van der Waals surface area contributed by atoms with Crippen LogP contribution < -0.4 is 11.1 Å². The first-order valence-corrected chi connectivity index (χ1v) is 6.18. The SMILES string of the molecule is Cl.Cl.NC[C@H]1CCC[C@H]1C(=O)NCc1ccncc1. The summed E-state index contributed by atoms with van der Waals surface area (Å²) in [5, 5.41) is 2.98. The molecular formula is C13H21Cl2N3O. The molecular weight excluding hydrogens is 285 g/mol. The molecule has 0 saturated heterocycles. The first-order chi connectivity index (χ1) is 8.31. The first-order valence-electron chi connectivity index (χ1n) is 6.18. The molecule has 3 N–H and O–H groups in total. The second-order valence-corrected chi connectivity index (χ2v) is 4.61. The van der Waals surface area contributed by atoms with E-state index in [1.54, 1.807) is 12.4 Å². The summed E-state index contributed by atoms with van der Waals surface area (Å²) in [6, 6.07) is 3.82. The molecule has 1 saturated carbocycles. The first kappa shape index (κ1) is 18.2. The van der Waals surface area contributed by atoms with Gasteiger partial charge in [-0.3, -0.25) is 9.78 Å². The van der Waals surface area contributed by atoms with Crippen molar-refractivity contribution >= 4 is 30.7 Å². The van der Waals surface area contributed by atoms with Crippen molar-refractivity contribution in [1.29, 1.82) is 0 Å². The van der Waals surface area contributed by atoms with Crippen molar-refractivity contribution in [3.8, 4) is 0 Å². The van der Waals surface area contributed by atoms with Crippen molar-refractivity contribution in [2.45, 2.75) is 25.8 Å². The number of hydrogen-bond acceptors (Lipinski definition) is 3. The molecule has 0 radical (unpaired) electrons. The zero-order chi connectivity index (χ0) is 12.1. The molecule has 2 rings (SSSR count). The predicted octanol–water partition coefficient (Wildman–Crippen LogP) is 1.92. The topological polar surface area (TPSA) is 68.0 Å². The second kappa shape index (κ2) is 9.13. The van der Waals surface area contributed by atoms with Gasteiger partial charge in [-0.15, -0.1) is 24.8 Å². The molecule has 1 amide bonds. The monoisotopic (exact) mass is 305 g/mol. The minimum atomic E-state index is 0. The molecule has 0 bridgehead atoms. The van der Waals surface area contributed by atoms with E-state index in [4.69, 9.17) is 5.73 Å². The van der Waals surface area contributed by atoms with E-state index in [1.165, 1.54) is 0 Å². The number of aromatic nitrogens is 1. The van der Waals surface area contributed by atoms with Crippen molar-refractivity contribution in [2.75, 3.05) is 6.54 Å². The Morgan fingerprint density at radius 2 is 2.00 bits per heavy atom. The molecule has 0 aromatic carbocycles. The molecule has 0 aliphatic heterocycles. The molecule has 1 aliphatic rings. The lowest BCUT2D eigenvalue weighted by Crippen LogP contribution is -2.34. The standard InChI is InChI=1S/C13H19N3O.2ClH/c14-8-11-2-1-3-12(11)13(17)16-9-10-4-6-15-7-5-10;;/h4-7,11-12H,1-3,8-9,14H2,(H,16,17);2*1H/t11-,12-;;/m1../s1. The van der Waals surface area contributed by atoms with Crippen LogP contribution in [-0.2, 0) is 11.3 Å². The molecule has 1 aromatic rings. The van der Waals surface area contributed by atoms with Crippen molar-refractivity contribution in [1.82, 2.24) is 10.3 Å². The lowest BCUT2D eigenvalue weighted by molar-refractivity contribution is -0.126. The van der Waals surface area contributed by atoms with E-state index < -0.39 is 0 Å². The predicted molar refractivity (Wildman–Crippen MR) is 80.5 cm³/mol. The third-order valence-corrected chi connectivity index (χ3v) is 3.51.